The number of hydrogen-bond donors (Lipinski definition) is 2. The van der Waals surface area contributed by atoms with Crippen LogP contribution in [-0.2, 0) is 17.6 Å². The van der Waals surface area contributed by atoms with E-state index in [0.29, 0.717) is 16.1 Å². The van der Waals surface area contributed by atoms with Crippen molar-refractivity contribution < 1.29 is 14.7 Å². The van der Waals surface area contributed by atoms with Crippen LogP contribution in [-0.4, -0.2) is 22.0 Å². The first-order chi connectivity index (χ1) is 10.1. The topological polar surface area (TPSA) is 79.3 Å². The molecule has 0 aliphatic rings. The van der Waals surface area contributed by atoms with E-state index in [4.69, 9.17) is 5.11 Å². The van der Waals surface area contributed by atoms with Crippen molar-refractivity contribution in [2.75, 3.05) is 5.32 Å². The summed E-state index contributed by atoms with van der Waals surface area (Å²) in [5.74, 6) is -1.19. The lowest BCUT2D eigenvalue weighted by Crippen LogP contribution is -2.13. The van der Waals surface area contributed by atoms with Crippen molar-refractivity contribution >= 4 is 28.9 Å². The Hall–Kier alpha value is -2.21. The Morgan fingerprint density at radius 3 is 2.81 bits per heavy atom. The highest BCUT2D eigenvalue weighted by atomic mass is 32.1. The van der Waals surface area contributed by atoms with Crippen molar-refractivity contribution in [3.63, 3.8) is 0 Å². The van der Waals surface area contributed by atoms with Crippen LogP contribution in [0.25, 0.3) is 0 Å². The van der Waals surface area contributed by atoms with Gasteiger partial charge in [0, 0.05) is 5.69 Å². The van der Waals surface area contributed by atoms with Gasteiger partial charge in [0.1, 0.15) is 4.88 Å². The van der Waals surface area contributed by atoms with Crippen LogP contribution in [0.3, 0.4) is 0 Å². The number of rotatable bonds is 6. The minimum atomic E-state index is -0.931. The van der Waals surface area contributed by atoms with E-state index in [1.807, 2.05) is 0 Å². The number of thiazole rings is 1. The van der Waals surface area contributed by atoms with Crippen LogP contribution in [0.1, 0.15) is 33.6 Å². The molecule has 5 nitrogen and oxygen atoms in total. The van der Waals surface area contributed by atoms with Gasteiger partial charge in [-0.25, -0.2) is 4.98 Å². The molecular formula is C15H16N2O3S. The summed E-state index contributed by atoms with van der Waals surface area (Å²) in [7, 11) is 0. The number of amides is 1. The van der Waals surface area contributed by atoms with Gasteiger partial charge >= 0.3 is 5.97 Å². The SMILES string of the molecule is CCCc1ncc(C(=O)Nc2ccccc2CC(=O)O)s1. The van der Waals surface area contributed by atoms with E-state index < -0.39 is 5.97 Å². The lowest BCUT2D eigenvalue weighted by atomic mass is 10.1. The first-order valence-electron chi connectivity index (χ1n) is 6.66. The van der Waals surface area contributed by atoms with E-state index in [9.17, 15) is 9.59 Å². The smallest absolute Gasteiger partial charge is 0.307 e. The molecule has 2 rings (SSSR count). The number of carbonyl (C=O) groups is 2. The number of nitrogens with one attached hydrogen (secondary N) is 1. The van der Waals surface area contributed by atoms with Gasteiger partial charge < -0.3 is 10.4 Å². The zero-order valence-electron chi connectivity index (χ0n) is 11.6. The summed E-state index contributed by atoms with van der Waals surface area (Å²) in [6.45, 7) is 2.06. The average Bonchev–Trinajstić information content (AvgIpc) is 2.89. The largest absolute Gasteiger partial charge is 0.481 e. The molecule has 2 aromatic rings. The van der Waals surface area contributed by atoms with Gasteiger partial charge in [-0.05, 0) is 24.5 Å². The second-order valence-corrected chi connectivity index (χ2v) is 5.67. The van der Waals surface area contributed by atoms with E-state index in [0.717, 1.165) is 17.8 Å². The molecule has 0 aliphatic carbocycles. The molecule has 0 saturated heterocycles. The number of aryl methyl sites for hydroxylation is 1. The molecule has 0 atom stereocenters. The van der Waals surface area contributed by atoms with Gasteiger partial charge in [0.15, 0.2) is 0 Å². The fourth-order valence-electron chi connectivity index (χ4n) is 1.89. The lowest BCUT2D eigenvalue weighted by molar-refractivity contribution is -0.136. The molecule has 0 fully saturated rings. The number of carboxylic acid groups (broad SMARTS) is 1. The molecule has 1 amide bonds. The minimum absolute atomic E-state index is 0.125. The van der Waals surface area contributed by atoms with E-state index in [-0.39, 0.29) is 12.3 Å². The Bertz CT molecular complexity index is 652. The van der Waals surface area contributed by atoms with Gasteiger partial charge in [-0.15, -0.1) is 11.3 Å². The molecule has 1 aromatic carbocycles. The van der Waals surface area contributed by atoms with Gasteiger partial charge in [-0.1, -0.05) is 25.1 Å². The second kappa shape index (κ2) is 6.99. The maximum absolute atomic E-state index is 12.2. The van der Waals surface area contributed by atoms with Crippen LogP contribution in [0.4, 0.5) is 5.69 Å². The second-order valence-electron chi connectivity index (χ2n) is 4.55. The molecule has 2 N–H and O–H groups in total. The van der Waals surface area contributed by atoms with E-state index in [1.165, 1.54) is 11.3 Å². The summed E-state index contributed by atoms with van der Waals surface area (Å²) in [5.41, 5.74) is 1.10. The van der Waals surface area contributed by atoms with Crippen molar-refractivity contribution in [3.05, 3.63) is 45.9 Å². The Kier molecular flexibility index (Phi) is 5.05. The van der Waals surface area contributed by atoms with Crippen molar-refractivity contribution in [2.24, 2.45) is 0 Å². The first kappa shape index (κ1) is 15.2. The molecule has 0 saturated carbocycles. The number of carbonyl (C=O) groups excluding carboxylic acids is 1. The van der Waals surface area contributed by atoms with Gasteiger partial charge in [-0.2, -0.15) is 0 Å². The van der Waals surface area contributed by atoms with Crippen molar-refractivity contribution in [3.8, 4) is 0 Å². The fourth-order valence-corrected chi connectivity index (χ4v) is 2.80. The number of aliphatic carboxylic acids is 1. The molecule has 0 unspecified atom stereocenters. The molecule has 0 radical (unpaired) electrons. The number of nitrogens with zero attached hydrogens (tertiary/aromatic N) is 1. The normalized spacial score (nSPS) is 10.3. The average molecular weight is 304 g/mol. The van der Waals surface area contributed by atoms with Gasteiger partial charge in [0.05, 0.1) is 17.6 Å². The van der Waals surface area contributed by atoms with E-state index >= 15 is 0 Å². The maximum Gasteiger partial charge on any atom is 0.307 e. The zero-order valence-corrected chi connectivity index (χ0v) is 12.4. The van der Waals surface area contributed by atoms with Crippen LogP contribution in [0.15, 0.2) is 30.5 Å². The maximum atomic E-state index is 12.2. The van der Waals surface area contributed by atoms with Crippen molar-refractivity contribution in [1.29, 1.82) is 0 Å². The van der Waals surface area contributed by atoms with Gasteiger partial charge in [-0.3, -0.25) is 9.59 Å². The summed E-state index contributed by atoms with van der Waals surface area (Å²) in [5, 5.41) is 12.6. The van der Waals surface area contributed by atoms with Gasteiger partial charge in [0.25, 0.3) is 5.91 Å². The van der Waals surface area contributed by atoms with Crippen LogP contribution in [0.5, 0.6) is 0 Å². The number of aromatic nitrogens is 1. The van der Waals surface area contributed by atoms with Crippen LogP contribution in [0.2, 0.25) is 0 Å². The predicted octanol–water partition coefficient (Wildman–Crippen LogP) is 2.98. The molecular weight excluding hydrogens is 288 g/mol. The number of benzene rings is 1. The molecule has 0 spiro atoms. The third-order valence-corrected chi connectivity index (χ3v) is 3.90. The van der Waals surface area contributed by atoms with Crippen molar-refractivity contribution in [2.45, 2.75) is 26.2 Å². The quantitative estimate of drug-likeness (QED) is 0.860. The zero-order chi connectivity index (χ0) is 15.2. The molecule has 110 valence electrons. The summed E-state index contributed by atoms with van der Waals surface area (Å²) in [4.78, 5) is 27.7. The van der Waals surface area contributed by atoms with Crippen molar-refractivity contribution in [1.82, 2.24) is 4.98 Å². The third kappa shape index (κ3) is 4.13. The molecule has 1 heterocycles. The number of carboxylic acids is 1. The third-order valence-electron chi connectivity index (χ3n) is 2.85. The standard InChI is InChI=1S/C15H16N2O3S/c1-2-5-13-16-9-12(21-13)15(20)17-11-7-4-3-6-10(11)8-14(18)19/h3-4,6-7,9H,2,5,8H2,1H3,(H,17,20)(H,18,19). The highest BCUT2D eigenvalue weighted by molar-refractivity contribution is 7.13. The Labute approximate surface area is 126 Å². The minimum Gasteiger partial charge on any atom is -0.481 e. The van der Waals surface area contributed by atoms with Gasteiger partial charge in [0.2, 0.25) is 0 Å². The summed E-state index contributed by atoms with van der Waals surface area (Å²) >= 11 is 1.37. The van der Waals surface area contributed by atoms with Crippen LogP contribution in [0, 0.1) is 0 Å². The number of hydrogen-bond acceptors (Lipinski definition) is 4. The molecule has 21 heavy (non-hydrogen) atoms. The Balaban J connectivity index is 2.13. The molecule has 6 heteroatoms. The molecule has 1 aromatic heterocycles. The van der Waals surface area contributed by atoms with E-state index in [2.05, 4.69) is 17.2 Å². The summed E-state index contributed by atoms with van der Waals surface area (Å²) in [6, 6.07) is 6.90. The number of anilines is 1. The highest BCUT2D eigenvalue weighted by Crippen LogP contribution is 2.20. The first-order valence-corrected chi connectivity index (χ1v) is 7.47. The molecule has 0 aliphatic heterocycles. The monoisotopic (exact) mass is 304 g/mol. The summed E-state index contributed by atoms with van der Waals surface area (Å²) < 4.78 is 0. The highest BCUT2D eigenvalue weighted by Gasteiger charge is 2.13. The fraction of sp³-hybridized carbons (Fsp3) is 0.267. The van der Waals surface area contributed by atoms with Crippen LogP contribution >= 0.6 is 11.3 Å². The lowest BCUT2D eigenvalue weighted by Gasteiger charge is -2.08. The van der Waals surface area contributed by atoms with Crippen LogP contribution < -0.4 is 5.32 Å². The predicted molar refractivity (Wildman–Crippen MR) is 81.8 cm³/mol. The molecule has 0 bridgehead atoms. The Morgan fingerprint density at radius 1 is 1.33 bits per heavy atom. The summed E-state index contributed by atoms with van der Waals surface area (Å²) in [6.07, 6.45) is 3.27. The number of para-hydroxylation sites is 1. The Morgan fingerprint density at radius 2 is 2.10 bits per heavy atom. The van der Waals surface area contributed by atoms with E-state index in [1.54, 1.807) is 30.5 Å².